The molecule has 1 aromatic rings. The molecule has 5 heteroatoms. The molecule has 0 saturated heterocycles. The molecule has 12 heavy (non-hydrogen) atoms. The quantitative estimate of drug-likeness (QED) is 0.700. The van der Waals surface area contributed by atoms with Crippen molar-refractivity contribution in [3.05, 3.63) is 11.8 Å². The number of halogens is 1. The summed E-state index contributed by atoms with van der Waals surface area (Å²) in [6.45, 7) is 1.86. The van der Waals surface area contributed by atoms with Crippen molar-refractivity contribution < 1.29 is 4.79 Å². The van der Waals surface area contributed by atoms with Crippen LogP contribution >= 0.6 is 11.6 Å². The normalized spacial score (nSPS) is 9.92. The van der Waals surface area contributed by atoms with Crippen LogP contribution in [0.2, 0.25) is 0 Å². The second kappa shape index (κ2) is 3.58. The fourth-order valence-corrected chi connectivity index (χ4v) is 0.971. The van der Waals surface area contributed by atoms with Gasteiger partial charge in [0, 0.05) is 13.1 Å². The maximum Gasteiger partial charge on any atom is 0.240 e. The van der Waals surface area contributed by atoms with Crippen LogP contribution in [0.3, 0.4) is 0 Å². The van der Waals surface area contributed by atoms with E-state index in [0.717, 1.165) is 5.69 Å². The molecule has 0 aromatic carbocycles. The summed E-state index contributed by atoms with van der Waals surface area (Å²) in [6, 6.07) is 1.78. The van der Waals surface area contributed by atoms with Crippen LogP contribution in [0.4, 0.5) is 5.82 Å². The van der Waals surface area contributed by atoms with Gasteiger partial charge in [0.2, 0.25) is 5.91 Å². The van der Waals surface area contributed by atoms with E-state index in [9.17, 15) is 4.79 Å². The lowest BCUT2D eigenvalue weighted by atomic mass is 10.4. The summed E-state index contributed by atoms with van der Waals surface area (Å²) in [5.41, 5.74) is 0.863. The Hall–Kier alpha value is -1.03. The summed E-state index contributed by atoms with van der Waals surface area (Å²) in [6.07, 6.45) is 0. The molecule has 0 fully saturated rings. The van der Waals surface area contributed by atoms with E-state index in [1.165, 1.54) is 0 Å². The molecule has 0 unspecified atom stereocenters. The van der Waals surface area contributed by atoms with Crippen molar-refractivity contribution >= 4 is 23.3 Å². The summed E-state index contributed by atoms with van der Waals surface area (Å²) in [5, 5.41) is 6.67. The summed E-state index contributed by atoms with van der Waals surface area (Å²) in [7, 11) is 1.76. The average molecular weight is 188 g/mol. The Labute approximate surface area is 75.5 Å². The van der Waals surface area contributed by atoms with Crippen molar-refractivity contribution in [2.75, 3.05) is 11.2 Å². The van der Waals surface area contributed by atoms with Crippen molar-refractivity contribution in [2.24, 2.45) is 7.05 Å². The van der Waals surface area contributed by atoms with Gasteiger partial charge in [0.25, 0.3) is 0 Å². The Morgan fingerprint density at radius 2 is 2.50 bits per heavy atom. The molecule has 0 bridgehead atoms. The van der Waals surface area contributed by atoms with Crippen LogP contribution in [0.5, 0.6) is 0 Å². The van der Waals surface area contributed by atoms with Crippen LogP contribution < -0.4 is 5.32 Å². The van der Waals surface area contributed by atoms with Crippen molar-refractivity contribution in [3.63, 3.8) is 0 Å². The van der Waals surface area contributed by atoms with E-state index < -0.39 is 0 Å². The largest absolute Gasteiger partial charge is 0.310 e. The number of aromatic nitrogens is 2. The summed E-state index contributed by atoms with van der Waals surface area (Å²) >= 11 is 5.32. The minimum absolute atomic E-state index is 0.0375. The fourth-order valence-electron chi connectivity index (χ4n) is 0.904. The molecule has 0 radical (unpaired) electrons. The van der Waals surface area contributed by atoms with Gasteiger partial charge in [0.15, 0.2) is 0 Å². The predicted octanol–water partition coefficient (Wildman–Crippen LogP) is 0.906. The molecule has 4 nitrogen and oxygen atoms in total. The first kappa shape index (κ1) is 9.06. The highest BCUT2D eigenvalue weighted by Gasteiger charge is 2.04. The molecular formula is C7H10ClN3O. The highest BCUT2D eigenvalue weighted by atomic mass is 35.5. The van der Waals surface area contributed by atoms with Crippen molar-refractivity contribution in [2.45, 2.75) is 6.92 Å². The number of anilines is 1. The fraction of sp³-hybridized carbons (Fsp3) is 0.429. The van der Waals surface area contributed by atoms with Gasteiger partial charge in [-0.15, -0.1) is 11.6 Å². The molecule has 0 aliphatic carbocycles. The number of alkyl halides is 1. The van der Waals surface area contributed by atoms with E-state index in [4.69, 9.17) is 11.6 Å². The minimum Gasteiger partial charge on any atom is -0.310 e. The SMILES string of the molecule is Cc1cc(NC(=O)CCl)n(C)n1. The van der Waals surface area contributed by atoms with Gasteiger partial charge in [-0.05, 0) is 6.92 Å². The summed E-state index contributed by atoms with van der Waals surface area (Å²) in [4.78, 5) is 10.9. The Kier molecular flexibility index (Phi) is 2.70. The van der Waals surface area contributed by atoms with Gasteiger partial charge >= 0.3 is 0 Å². The lowest BCUT2D eigenvalue weighted by Crippen LogP contribution is -2.15. The molecule has 1 heterocycles. The lowest BCUT2D eigenvalue weighted by molar-refractivity contribution is -0.114. The topological polar surface area (TPSA) is 46.9 Å². The van der Waals surface area contributed by atoms with Crippen LogP contribution in [-0.2, 0) is 11.8 Å². The first-order valence-electron chi connectivity index (χ1n) is 3.50. The van der Waals surface area contributed by atoms with Crippen LogP contribution in [-0.4, -0.2) is 21.6 Å². The first-order valence-corrected chi connectivity index (χ1v) is 4.03. The number of nitrogens with zero attached hydrogens (tertiary/aromatic N) is 2. The zero-order valence-corrected chi connectivity index (χ0v) is 7.72. The smallest absolute Gasteiger partial charge is 0.240 e. The molecule has 1 aromatic heterocycles. The third-order valence-electron chi connectivity index (χ3n) is 1.39. The number of hydrogen-bond acceptors (Lipinski definition) is 2. The number of carbonyl (C=O) groups is 1. The van der Waals surface area contributed by atoms with Crippen LogP contribution in [0.1, 0.15) is 5.69 Å². The second-order valence-corrected chi connectivity index (χ2v) is 2.74. The van der Waals surface area contributed by atoms with Crippen LogP contribution in [0.15, 0.2) is 6.07 Å². The molecule has 0 atom stereocenters. The molecule has 1 rings (SSSR count). The Balaban J connectivity index is 2.75. The molecule has 0 spiro atoms. The van der Waals surface area contributed by atoms with Crippen LogP contribution in [0.25, 0.3) is 0 Å². The van der Waals surface area contributed by atoms with Gasteiger partial charge in [-0.2, -0.15) is 5.10 Å². The molecule has 0 aliphatic rings. The van der Waals surface area contributed by atoms with Gasteiger partial charge in [-0.3, -0.25) is 9.48 Å². The van der Waals surface area contributed by atoms with Gasteiger partial charge in [0.05, 0.1) is 5.69 Å². The minimum atomic E-state index is -0.223. The molecule has 1 N–H and O–H groups in total. The first-order chi connectivity index (χ1) is 5.63. The monoisotopic (exact) mass is 187 g/mol. The molecule has 1 amide bonds. The van der Waals surface area contributed by atoms with Crippen molar-refractivity contribution in [1.82, 2.24) is 9.78 Å². The number of hydrogen-bond donors (Lipinski definition) is 1. The Morgan fingerprint density at radius 1 is 1.83 bits per heavy atom. The summed E-state index contributed by atoms with van der Waals surface area (Å²) < 4.78 is 1.60. The Bertz CT molecular complexity index is 295. The second-order valence-electron chi connectivity index (χ2n) is 2.48. The van der Waals surface area contributed by atoms with E-state index in [-0.39, 0.29) is 11.8 Å². The maximum absolute atomic E-state index is 10.9. The Morgan fingerprint density at radius 3 is 2.92 bits per heavy atom. The van der Waals surface area contributed by atoms with Crippen molar-refractivity contribution in [3.8, 4) is 0 Å². The number of aryl methyl sites for hydroxylation is 2. The van der Waals surface area contributed by atoms with E-state index in [1.54, 1.807) is 17.8 Å². The van der Waals surface area contributed by atoms with Gasteiger partial charge in [-0.1, -0.05) is 0 Å². The third-order valence-corrected chi connectivity index (χ3v) is 1.63. The van der Waals surface area contributed by atoms with Crippen LogP contribution in [0, 0.1) is 6.92 Å². The predicted molar refractivity (Wildman–Crippen MR) is 47.3 cm³/mol. The average Bonchev–Trinajstić information content (AvgIpc) is 2.30. The van der Waals surface area contributed by atoms with Crippen molar-refractivity contribution in [1.29, 1.82) is 0 Å². The highest BCUT2D eigenvalue weighted by Crippen LogP contribution is 2.07. The number of rotatable bonds is 2. The number of carbonyl (C=O) groups excluding carboxylic acids is 1. The number of nitrogens with one attached hydrogen (secondary N) is 1. The van der Waals surface area contributed by atoms with E-state index in [1.807, 2.05) is 6.92 Å². The molecular weight excluding hydrogens is 178 g/mol. The molecule has 0 aliphatic heterocycles. The zero-order chi connectivity index (χ0) is 9.14. The van der Waals surface area contributed by atoms with Gasteiger partial charge < -0.3 is 5.32 Å². The number of amides is 1. The van der Waals surface area contributed by atoms with E-state index in [0.29, 0.717) is 5.82 Å². The standard InChI is InChI=1S/C7H10ClN3O/c1-5-3-6(11(2)10-5)9-7(12)4-8/h3H,4H2,1-2H3,(H,9,12). The third kappa shape index (κ3) is 1.98. The molecule has 0 saturated carbocycles. The highest BCUT2D eigenvalue weighted by molar-refractivity contribution is 6.29. The maximum atomic E-state index is 10.9. The lowest BCUT2D eigenvalue weighted by Gasteiger charge is -2.00. The molecule has 66 valence electrons. The zero-order valence-electron chi connectivity index (χ0n) is 6.97. The van der Waals surface area contributed by atoms with Gasteiger partial charge in [-0.25, -0.2) is 0 Å². The van der Waals surface area contributed by atoms with E-state index in [2.05, 4.69) is 10.4 Å². The summed E-state index contributed by atoms with van der Waals surface area (Å²) in [5.74, 6) is 0.405. The van der Waals surface area contributed by atoms with E-state index >= 15 is 0 Å². The van der Waals surface area contributed by atoms with Gasteiger partial charge in [0.1, 0.15) is 11.7 Å².